The second kappa shape index (κ2) is 4.91. The molecule has 2 heterocycles. The van der Waals surface area contributed by atoms with Crippen molar-refractivity contribution in [3.63, 3.8) is 0 Å². The van der Waals surface area contributed by atoms with Gasteiger partial charge in [-0.05, 0) is 26.0 Å². The van der Waals surface area contributed by atoms with E-state index < -0.39 is 11.8 Å². The van der Waals surface area contributed by atoms with E-state index in [0.29, 0.717) is 19.0 Å². The molecule has 2 rings (SSSR count). The Balaban J connectivity index is 1.85. The van der Waals surface area contributed by atoms with E-state index in [0.717, 1.165) is 0 Å². The Hall–Kier alpha value is -1.66. The summed E-state index contributed by atoms with van der Waals surface area (Å²) in [6.45, 7) is 4.51. The molecule has 6 heteroatoms. The third-order valence-electron chi connectivity index (χ3n) is 2.46. The van der Waals surface area contributed by atoms with Crippen LogP contribution in [0, 0.1) is 0 Å². The van der Waals surface area contributed by atoms with Crippen molar-refractivity contribution in [1.82, 2.24) is 4.98 Å². The van der Waals surface area contributed by atoms with Crippen LogP contribution in [0.4, 0.5) is 0 Å². The number of carbonyl (C=O) groups is 1. The number of hydrogen-bond donors (Lipinski definition) is 1. The molecule has 1 unspecified atom stereocenters. The molecule has 1 aliphatic heterocycles. The van der Waals surface area contributed by atoms with Crippen molar-refractivity contribution in [3.8, 4) is 5.75 Å². The van der Waals surface area contributed by atoms with Gasteiger partial charge >= 0.3 is 5.97 Å². The van der Waals surface area contributed by atoms with E-state index in [1.54, 1.807) is 6.07 Å². The molecule has 0 amide bonds. The smallest absolute Gasteiger partial charge is 0.354 e. The molecule has 1 N–H and O–H groups in total. The lowest BCUT2D eigenvalue weighted by Crippen LogP contribution is -2.25. The Bertz CT molecular complexity index is 429. The van der Waals surface area contributed by atoms with Crippen LogP contribution in [-0.4, -0.2) is 41.2 Å². The molecule has 1 atom stereocenters. The molecule has 1 aliphatic rings. The highest BCUT2D eigenvalue weighted by Gasteiger charge is 2.32. The Labute approximate surface area is 104 Å². The topological polar surface area (TPSA) is 77.9 Å². The number of carboxylic acid groups (broad SMARTS) is 1. The Morgan fingerprint density at radius 3 is 2.89 bits per heavy atom. The maximum absolute atomic E-state index is 10.6. The molecule has 0 saturated carbocycles. The lowest BCUT2D eigenvalue weighted by molar-refractivity contribution is -0.141. The van der Waals surface area contributed by atoms with E-state index >= 15 is 0 Å². The molecule has 1 fully saturated rings. The Kier molecular flexibility index (Phi) is 3.49. The zero-order chi connectivity index (χ0) is 13.2. The molecule has 18 heavy (non-hydrogen) atoms. The molecule has 98 valence electrons. The average molecular weight is 253 g/mol. The van der Waals surface area contributed by atoms with Gasteiger partial charge in [0.2, 0.25) is 0 Å². The first-order valence-corrected chi connectivity index (χ1v) is 5.60. The third-order valence-corrected chi connectivity index (χ3v) is 2.46. The molecule has 0 aliphatic carbocycles. The van der Waals surface area contributed by atoms with E-state index in [1.807, 2.05) is 13.8 Å². The highest BCUT2D eigenvalue weighted by molar-refractivity contribution is 5.85. The van der Waals surface area contributed by atoms with Crippen LogP contribution in [0.15, 0.2) is 18.3 Å². The van der Waals surface area contributed by atoms with Crippen LogP contribution in [0.25, 0.3) is 0 Å². The SMILES string of the molecule is CC1(C)OCC(COc2ccc(C(=O)O)nc2)O1. The molecule has 0 bridgehead atoms. The molecule has 6 nitrogen and oxygen atoms in total. The van der Waals surface area contributed by atoms with Gasteiger partial charge in [0.05, 0.1) is 12.8 Å². The fourth-order valence-corrected chi connectivity index (χ4v) is 1.63. The molecular weight excluding hydrogens is 238 g/mol. The molecule has 1 aromatic rings. The van der Waals surface area contributed by atoms with Gasteiger partial charge in [0.25, 0.3) is 0 Å². The minimum Gasteiger partial charge on any atom is -0.489 e. The number of aromatic nitrogens is 1. The van der Waals surface area contributed by atoms with Crippen molar-refractivity contribution in [2.75, 3.05) is 13.2 Å². The van der Waals surface area contributed by atoms with Crippen LogP contribution >= 0.6 is 0 Å². The van der Waals surface area contributed by atoms with Gasteiger partial charge in [-0.25, -0.2) is 9.78 Å². The second-order valence-corrected chi connectivity index (χ2v) is 4.45. The summed E-state index contributed by atoms with van der Waals surface area (Å²) in [6.07, 6.45) is 1.25. The van der Waals surface area contributed by atoms with Crippen molar-refractivity contribution >= 4 is 5.97 Å². The van der Waals surface area contributed by atoms with Crippen molar-refractivity contribution in [1.29, 1.82) is 0 Å². The predicted octanol–water partition coefficient (Wildman–Crippen LogP) is 1.31. The predicted molar refractivity (Wildman–Crippen MR) is 61.6 cm³/mol. The minimum atomic E-state index is -1.06. The highest BCUT2D eigenvalue weighted by atomic mass is 16.7. The molecule has 0 spiro atoms. The summed E-state index contributed by atoms with van der Waals surface area (Å²) < 4.78 is 16.4. The number of aromatic carboxylic acids is 1. The number of carboxylic acids is 1. The lowest BCUT2D eigenvalue weighted by Gasteiger charge is -2.17. The van der Waals surface area contributed by atoms with Gasteiger partial charge in [-0.1, -0.05) is 0 Å². The zero-order valence-corrected chi connectivity index (χ0v) is 10.3. The van der Waals surface area contributed by atoms with Crippen molar-refractivity contribution in [3.05, 3.63) is 24.0 Å². The van der Waals surface area contributed by atoms with E-state index in [2.05, 4.69) is 4.98 Å². The van der Waals surface area contributed by atoms with Gasteiger partial charge in [0, 0.05) is 0 Å². The van der Waals surface area contributed by atoms with Crippen molar-refractivity contribution in [2.45, 2.75) is 25.7 Å². The monoisotopic (exact) mass is 253 g/mol. The summed E-state index contributed by atoms with van der Waals surface area (Å²) in [6, 6.07) is 2.96. The van der Waals surface area contributed by atoms with E-state index in [4.69, 9.17) is 19.3 Å². The number of rotatable bonds is 4. The van der Waals surface area contributed by atoms with Crippen LogP contribution in [0.2, 0.25) is 0 Å². The van der Waals surface area contributed by atoms with E-state index in [-0.39, 0.29) is 11.8 Å². The third kappa shape index (κ3) is 3.18. The van der Waals surface area contributed by atoms with Gasteiger partial charge in [-0.15, -0.1) is 0 Å². The Morgan fingerprint density at radius 2 is 2.39 bits per heavy atom. The number of nitrogens with zero attached hydrogens (tertiary/aromatic N) is 1. The van der Waals surface area contributed by atoms with Gasteiger partial charge < -0.3 is 19.3 Å². The lowest BCUT2D eigenvalue weighted by atomic mass is 10.3. The van der Waals surface area contributed by atoms with Gasteiger partial charge in [0.15, 0.2) is 5.79 Å². The summed E-state index contributed by atoms with van der Waals surface area (Å²) in [7, 11) is 0. The summed E-state index contributed by atoms with van der Waals surface area (Å²) in [5.41, 5.74) is -0.0102. The van der Waals surface area contributed by atoms with Gasteiger partial charge in [-0.2, -0.15) is 0 Å². The highest BCUT2D eigenvalue weighted by Crippen LogP contribution is 2.22. The normalized spacial score (nSPS) is 21.8. The molecule has 1 aromatic heterocycles. The second-order valence-electron chi connectivity index (χ2n) is 4.45. The summed E-state index contributed by atoms with van der Waals surface area (Å²) in [5.74, 6) is -1.12. The molecular formula is C12H15NO5. The van der Waals surface area contributed by atoms with Crippen LogP contribution in [0.3, 0.4) is 0 Å². The molecule has 0 radical (unpaired) electrons. The number of ether oxygens (including phenoxy) is 3. The van der Waals surface area contributed by atoms with Crippen LogP contribution < -0.4 is 4.74 Å². The maximum atomic E-state index is 10.6. The quantitative estimate of drug-likeness (QED) is 0.871. The first-order chi connectivity index (χ1) is 8.46. The molecule has 1 saturated heterocycles. The van der Waals surface area contributed by atoms with Gasteiger partial charge in [-0.3, -0.25) is 0 Å². The fraction of sp³-hybridized carbons (Fsp3) is 0.500. The van der Waals surface area contributed by atoms with Gasteiger partial charge in [0.1, 0.15) is 24.2 Å². The van der Waals surface area contributed by atoms with Crippen LogP contribution in [0.1, 0.15) is 24.3 Å². The van der Waals surface area contributed by atoms with Crippen LogP contribution in [0.5, 0.6) is 5.75 Å². The largest absolute Gasteiger partial charge is 0.489 e. The maximum Gasteiger partial charge on any atom is 0.354 e. The van der Waals surface area contributed by atoms with E-state index in [9.17, 15) is 4.79 Å². The van der Waals surface area contributed by atoms with E-state index in [1.165, 1.54) is 12.3 Å². The first kappa shape index (κ1) is 12.8. The Morgan fingerprint density at radius 1 is 1.61 bits per heavy atom. The standard InChI is InChI=1S/C12H15NO5/c1-12(2)17-7-9(18-12)6-16-8-3-4-10(11(14)15)13-5-8/h3-5,9H,6-7H2,1-2H3,(H,14,15). The summed E-state index contributed by atoms with van der Waals surface area (Å²) in [4.78, 5) is 14.4. The average Bonchev–Trinajstić information content (AvgIpc) is 2.67. The number of pyridine rings is 1. The summed E-state index contributed by atoms with van der Waals surface area (Å²) in [5, 5.41) is 8.70. The fourth-order valence-electron chi connectivity index (χ4n) is 1.63. The van der Waals surface area contributed by atoms with Crippen LogP contribution in [-0.2, 0) is 9.47 Å². The first-order valence-electron chi connectivity index (χ1n) is 5.60. The van der Waals surface area contributed by atoms with Crippen molar-refractivity contribution in [2.24, 2.45) is 0 Å². The minimum absolute atomic E-state index is 0.0102. The van der Waals surface area contributed by atoms with Crippen molar-refractivity contribution < 1.29 is 24.1 Å². The number of hydrogen-bond acceptors (Lipinski definition) is 5. The zero-order valence-electron chi connectivity index (χ0n) is 10.3. The summed E-state index contributed by atoms with van der Waals surface area (Å²) >= 11 is 0. The molecule has 0 aromatic carbocycles.